The molecule has 0 aliphatic carbocycles. The van der Waals surface area contributed by atoms with Gasteiger partial charge < -0.3 is 15.1 Å². The van der Waals surface area contributed by atoms with E-state index in [1.807, 2.05) is 31.2 Å². The van der Waals surface area contributed by atoms with Gasteiger partial charge in [0.25, 0.3) is 5.91 Å². The van der Waals surface area contributed by atoms with Crippen LogP contribution in [0.5, 0.6) is 11.5 Å². The lowest BCUT2D eigenvalue weighted by Gasteiger charge is -2.20. The zero-order chi connectivity index (χ0) is 16.8. The SMILES string of the molecule is CCN(C(=O)/C(C#N)=C/c1ccc(O)c(O)c1)c1ccccc1. The van der Waals surface area contributed by atoms with Crippen molar-refractivity contribution in [3.05, 3.63) is 59.7 Å². The summed E-state index contributed by atoms with van der Waals surface area (Å²) in [6.45, 7) is 2.25. The van der Waals surface area contributed by atoms with Gasteiger partial charge in [0.05, 0.1) is 0 Å². The fourth-order valence-corrected chi connectivity index (χ4v) is 2.14. The molecule has 0 saturated carbocycles. The van der Waals surface area contributed by atoms with Gasteiger partial charge >= 0.3 is 0 Å². The molecule has 0 aliphatic heterocycles. The standard InChI is InChI=1S/C18H16N2O3/c1-2-20(15-6-4-3-5-7-15)18(23)14(12-19)10-13-8-9-16(21)17(22)11-13/h3-11,21-22H,2H2,1H3/b14-10+. The monoisotopic (exact) mass is 308 g/mol. The fraction of sp³-hybridized carbons (Fsp3) is 0.111. The van der Waals surface area contributed by atoms with E-state index >= 15 is 0 Å². The van der Waals surface area contributed by atoms with E-state index in [9.17, 15) is 20.3 Å². The molecule has 23 heavy (non-hydrogen) atoms. The molecule has 0 aliphatic rings. The fourth-order valence-electron chi connectivity index (χ4n) is 2.14. The Balaban J connectivity index is 2.35. The van der Waals surface area contributed by atoms with E-state index in [2.05, 4.69) is 0 Å². The summed E-state index contributed by atoms with van der Waals surface area (Å²) >= 11 is 0. The summed E-state index contributed by atoms with van der Waals surface area (Å²) in [5, 5.41) is 28.1. The van der Waals surface area contributed by atoms with E-state index in [4.69, 9.17) is 0 Å². The van der Waals surface area contributed by atoms with Crippen molar-refractivity contribution in [3.8, 4) is 17.6 Å². The highest BCUT2D eigenvalue weighted by Gasteiger charge is 2.18. The van der Waals surface area contributed by atoms with Gasteiger partial charge in [-0.3, -0.25) is 4.79 Å². The summed E-state index contributed by atoms with van der Waals surface area (Å²) in [5.41, 5.74) is 1.10. The number of phenolic OH excluding ortho intramolecular Hbond substituents is 2. The van der Waals surface area contributed by atoms with Crippen LogP contribution < -0.4 is 4.90 Å². The Bertz CT molecular complexity index is 777. The number of phenols is 2. The molecule has 0 atom stereocenters. The first-order valence-corrected chi connectivity index (χ1v) is 7.07. The van der Waals surface area contributed by atoms with Crippen molar-refractivity contribution in [1.29, 1.82) is 5.26 Å². The number of likely N-dealkylation sites (N-methyl/N-ethyl adjacent to an activating group) is 1. The highest BCUT2D eigenvalue weighted by molar-refractivity contribution is 6.11. The van der Waals surface area contributed by atoms with E-state index in [0.717, 1.165) is 0 Å². The lowest BCUT2D eigenvalue weighted by atomic mass is 10.1. The molecule has 1 amide bonds. The summed E-state index contributed by atoms with van der Waals surface area (Å²) in [6.07, 6.45) is 1.38. The highest BCUT2D eigenvalue weighted by atomic mass is 16.3. The van der Waals surface area contributed by atoms with E-state index in [1.165, 1.54) is 29.2 Å². The van der Waals surface area contributed by atoms with E-state index in [0.29, 0.717) is 17.8 Å². The number of rotatable bonds is 4. The van der Waals surface area contributed by atoms with Crippen LogP contribution in [0, 0.1) is 11.3 Å². The maximum atomic E-state index is 12.6. The number of aromatic hydroxyl groups is 2. The van der Waals surface area contributed by atoms with Crippen molar-refractivity contribution < 1.29 is 15.0 Å². The first-order chi connectivity index (χ1) is 11.1. The first-order valence-electron chi connectivity index (χ1n) is 7.07. The molecule has 2 rings (SSSR count). The largest absolute Gasteiger partial charge is 0.504 e. The molecule has 2 N–H and O–H groups in total. The minimum Gasteiger partial charge on any atom is -0.504 e. The molecule has 5 nitrogen and oxygen atoms in total. The predicted octanol–water partition coefficient (Wildman–Crippen LogP) is 3.06. The second-order valence-electron chi connectivity index (χ2n) is 4.80. The Morgan fingerprint density at radius 1 is 1.17 bits per heavy atom. The van der Waals surface area contributed by atoms with Crippen molar-refractivity contribution in [2.75, 3.05) is 11.4 Å². The van der Waals surface area contributed by atoms with E-state index in [1.54, 1.807) is 12.1 Å². The number of nitrogens with zero attached hydrogens (tertiary/aromatic N) is 2. The van der Waals surface area contributed by atoms with Crippen molar-refractivity contribution in [2.24, 2.45) is 0 Å². The predicted molar refractivity (Wildman–Crippen MR) is 87.8 cm³/mol. The molecule has 0 aromatic heterocycles. The Kier molecular flexibility index (Phi) is 5.00. The lowest BCUT2D eigenvalue weighted by Crippen LogP contribution is -2.31. The van der Waals surface area contributed by atoms with Crippen LogP contribution in [0.3, 0.4) is 0 Å². The third-order valence-corrected chi connectivity index (χ3v) is 3.29. The molecule has 0 saturated heterocycles. The van der Waals surface area contributed by atoms with Gasteiger partial charge in [-0.15, -0.1) is 0 Å². The Morgan fingerprint density at radius 2 is 1.87 bits per heavy atom. The average molecular weight is 308 g/mol. The second-order valence-corrected chi connectivity index (χ2v) is 4.80. The van der Waals surface area contributed by atoms with Crippen molar-refractivity contribution >= 4 is 17.7 Å². The molecule has 116 valence electrons. The Labute approximate surface area is 134 Å². The van der Waals surface area contributed by atoms with Gasteiger partial charge in [-0.2, -0.15) is 5.26 Å². The van der Waals surface area contributed by atoms with Crippen LogP contribution in [0.2, 0.25) is 0 Å². The molecule has 0 heterocycles. The zero-order valence-corrected chi connectivity index (χ0v) is 12.6. The topological polar surface area (TPSA) is 84.6 Å². The molecular formula is C18H16N2O3. The number of anilines is 1. The minimum absolute atomic E-state index is 0.0548. The summed E-state index contributed by atoms with van der Waals surface area (Å²) < 4.78 is 0. The maximum Gasteiger partial charge on any atom is 0.268 e. The number of para-hydroxylation sites is 1. The van der Waals surface area contributed by atoms with E-state index < -0.39 is 5.91 Å². The number of hydrogen-bond acceptors (Lipinski definition) is 4. The van der Waals surface area contributed by atoms with Crippen LogP contribution in [0.4, 0.5) is 5.69 Å². The first kappa shape index (κ1) is 16.1. The smallest absolute Gasteiger partial charge is 0.268 e. The van der Waals surface area contributed by atoms with Crippen molar-refractivity contribution in [1.82, 2.24) is 0 Å². The molecule has 2 aromatic carbocycles. The van der Waals surface area contributed by atoms with Crippen LogP contribution in [-0.2, 0) is 4.79 Å². The van der Waals surface area contributed by atoms with Gasteiger partial charge in [0.1, 0.15) is 11.6 Å². The molecule has 0 bridgehead atoms. The van der Waals surface area contributed by atoms with Gasteiger partial charge in [-0.25, -0.2) is 0 Å². The van der Waals surface area contributed by atoms with Crippen LogP contribution in [0.15, 0.2) is 54.1 Å². The number of benzene rings is 2. The summed E-state index contributed by atoms with van der Waals surface area (Å²) in [7, 11) is 0. The molecular weight excluding hydrogens is 292 g/mol. The van der Waals surface area contributed by atoms with Gasteiger partial charge in [0.2, 0.25) is 0 Å². The summed E-state index contributed by atoms with van der Waals surface area (Å²) in [5.74, 6) is -0.987. The third kappa shape index (κ3) is 3.69. The van der Waals surface area contributed by atoms with Gasteiger partial charge in [-0.1, -0.05) is 24.3 Å². The Hall–Kier alpha value is -3.26. The average Bonchev–Trinajstić information content (AvgIpc) is 2.57. The van der Waals surface area contributed by atoms with Gasteiger partial charge in [0, 0.05) is 12.2 Å². The quantitative estimate of drug-likeness (QED) is 0.516. The van der Waals surface area contributed by atoms with Crippen LogP contribution in [-0.4, -0.2) is 22.7 Å². The Morgan fingerprint density at radius 3 is 2.43 bits per heavy atom. The van der Waals surface area contributed by atoms with Gasteiger partial charge in [0.15, 0.2) is 11.5 Å². The summed E-state index contributed by atoms with van der Waals surface area (Å²) in [4.78, 5) is 14.1. The van der Waals surface area contributed by atoms with Crippen LogP contribution >= 0.6 is 0 Å². The highest BCUT2D eigenvalue weighted by Crippen LogP contribution is 2.26. The van der Waals surface area contributed by atoms with Crippen molar-refractivity contribution in [3.63, 3.8) is 0 Å². The number of carbonyl (C=O) groups is 1. The molecule has 0 fully saturated rings. The third-order valence-electron chi connectivity index (χ3n) is 3.29. The zero-order valence-electron chi connectivity index (χ0n) is 12.6. The maximum absolute atomic E-state index is 12.6. The minimum atomic E-state index is -0.422. The normalized spacial score (nSPS) is 10.9. The molecule has 0 spiro atoms. The van der Waals surface area contributed by atoms with Crippen LogP contribution in [0.25, 0.3) is 6.08 Å². The van der Waals surface area contributed by atoms with Crippen molar-refractivity contribution in [2.45, 2.75) is 6.92 Å². The molecule has 0 radical (unpaired) electrons. The van der Waals surface area contributed by atoms with E-state index in [-0.39, 0.29) is 17.1 Å². The lowest BCUT2D eigenvalue weighted by molar-refractivity contribution is -0.114. The molecule has 2 aromatic rings. The number of hydrogen-bond donors (Lipinski definition) is 2. The molecule has 0 unspecified atom stereocenters. The van der Waals surface area contributed by atoms with Gasteiger partial charge in [-0.05, 0) is 42.8 Å². The number of nitriles is 1. The second kappa shape index (κ2) is 7.14. The summed E-state index contributed by atoms with van der Waals surface area (Å²) in [6, 6.07) is 15.1. The number of amides is 1. The number of carbonyl (C=O) groups excluding carboxylic acids is 1. The van der Waals surface area contributed by atoms with Crippen LogP contribution in [0.1, 0.15) is 12.5 Å². The molecule has 5 heteroatoms.